The van der Waals surface area contributed by atoms with Crippen LogP contribution in [0.25, 0.3) is 0 Å². The number of carbonyl (C=O) groups excluding carboxylic acids is 2. The summed E-state index contributed by atoms with van der Waals surface area (Å²) < 4.78 is 18.9. The number of guanidine groups is 1. The minimum absolute atomic E-state index is 0. The zero-order valence-electron chi connectivity index (χ0n) is 17.8. The largest absolute Gasteiger partial charge is 0.444 e. The molecule has 30 heavy (non-hydrogen) atoms. The molecule has 8 nitrogen and oxygen atoms in total. The van der Waals surface area contributed by atoms with E-state index in [1.165, 1.54) is 12.1 Å². The van der Waals surface area contributed by atoms with Gasteiger partial charge in [0, 0.05) is 33.2 Å². The Kier molecular flexibility index (Phi) is 10.3. The fourth-order valence-electron chi connectivity index (χ4n) is 2.97. The molecular weight excluding hydrogens is 504 g/mol. The molecule has 1 aromatic carbocycles. The van der Waals surface area contributed by atoms with E-state index in [4.69, 9.17) is 4.74 Å². The zero-order chi connectivity index (χ0) is 21.4. The number of likely N-dealkylation sites (tertiary alicyclic amines) is 1. The molecule has 1 fully saturated rings. The summed E-state index contributed by atoms with van der Waals surface area (Å²) in [5, 5.41) is 8.72. The van der Waals surface area contributed by atoms with Crippen molar-refractivity contribution in [1.29, 1.82) is 0 Å². The number of nitrogens with zero attached hydrogens (tertiary/aromatic N) is 2. The normalized spacial score (nSPS) is 16.5. The molecule has 1 saturated heterocycles. The van der Waals surface area contributed by atoms with Crippen LogP contribution in [0.15, 0.2) is 29.3 Å². The second-order valence-electron chi connectivity index (χ2n) is 7.79. The Labute approximate surface area is 194 Å². The van der Waals surface area contributed by atoms with Crippen LogP contribution in [0.1, 0.15) is 37.6 Å². The van der Waals surface area contributed by atoms with E-state index in [-0.39, 0.29) is 35.6 Å². The van der Waals surface area contributed by atoms with E-state index in [2.05, 4.69) is 20.9 Å². The lowest BCUT2D eigenvalue weighted by Crippen LogP contribution is -2.45. The van der Waals surface area contributed by atoms with Gasteiger partial charge in [0.1, 0.15) is 11.4 Å². The summed E-state index contributed by atoms with van der Waals surface area (Å²) in [6.45, 7) is 7.58. The zero-order valence-corrected chi connectivity index (χ0v) is 20.2. The number of hydrogen-bond donors (Lipinski definition) is 3. The molecule has 0 spiro atoms. The topological polar surface area (TPSA) is 95.1 Å². The quantitative estimate of drug-likeness (QED) is 0.233. The van der Waals surface area contributed by atoms with E-state index in [0.717, 1.165) is 13.0 Å². The Bertz CT molecular complexity index is 754. The highest BCUT2D eigenvalue weighted by molar-refractivity contribution is 14.0. The van der Waals surface area contributed by atoms with Crippen LogP contribution in [0.3, 0.4) is 0 Å². The maximum Gasteiger partial charge on any atom is 0.407 e. The lowest BCUT2D eigenvalue weighted by molar-refractivity contribution is 0.0507. The molecule has 0 saturated carbocycles. The van der Waals surface area contributed by atoms with Gasteiger partial charge in [-0.1, -0.05) is 12.1 Å². The van der Waals surface area contributed by atoms with Gasteiger partial charge in [0.2, 0.25) is 0 Å². The highest BCUT2D eigenvalue weighted by Gasteiger charge is 2.27. The first-order valence-corrected chi connectivity index (χ1v) is 9.67. The van der Waals surface area contributed by atoms with Crippen molar-refractivity contribution in [2.24, 2.45) is 4.99 Å². The standard InChI is InChI=1S/C20H30FN5O3.HI/c1-20(2,3)29-19(28)25-14-9-12-26(13-14)18(22-4)24-11-10-23-17(27)15-7-5-6-8-16(15)21;/h5-8,14H,9-13H2,1-4H3,(H,22,24)(H,23,27)(H,25,28);1H/t14-;/m1./s1. The highest BCUT2D eigenvalue weighted by atomic mass is 127. The maximum absolute atomic E-state index is 13.6. The molecule has 1 aliphatic rings. The van der Waals surface area contributed by atoms with Crippen molar-refractivity contribution in [2.75, 3.05) is 33.2 Å². The van der Waals surface area contributed by atoms with Crippen LogP contribution in [0, 0.1) is 5.82 Å². The third-order valence-electron chi connectivity index (χ3n) is 4.23. The summed E-state index contributed by atoms with van der Waals surface area (Å²) in [6.07, 6.45) is 0.354. The summed E-state index contributed by atoms with van der Waals surface area (Å²) >= 11 is 0. The number of amides is 2. The van der Waals surface area contributed by atoms with Gasteiger partial charge in [-0.15, -0.1) is 24.0 Å². The van der Waals surface area contributed by atoms with Crippen LogP contribution in [-0.2, 0) is 4.74 Å². The number of benzene rings is 1. The van der Waals surface area contributed by atoms with E-state index >= 15 is 0 Å². The summed E-state index contributed by atoms with van der Waals surface area (Å²) in [7, 11) is 1.68. The van der Waals surface area contributed by atoms with Crippen molar-refractivity contribution in [2.45, 2.75) is 38.8 Å². The fraction of sp³-hybridized carbons (Fsp3) is 0.550. The smallest absolute Gasteiger partial charge is 0.407 e. The van der Waals surface area contributed by atoms with E-state index in [1.54, 1.807) is 19.2 Å². The number of alkyl carbamates (subject to hydrolysis) is 1. The van der Waals surface area contributed by atoms with Gasteiger partial charge in [0.15, 0.2) is 5.96 Å². The molecule has 0 unspecified atom stereocenters. The van der Waals surface area contributed by atoms with E-state index in [0.29, 0.717) is 25.6 Å². The molecule has 1 aromatic rings. The van der Waals surface area contributed by atoms with Gasteiger partial charge in [-0.3, -0.25) is 9.79 Å². The Balaban J connectivity index is 0.00000450. The first-order valence-electron chi connectivity index (χ1n) is 9.67. The Morgan fingerprint density at radius 3 is 2.53 bits per heavy atom. The van der Waals surface area contributed by atoms with Gasteiger partial charge < -0.3 is 25.6 Å². The Hall–Kier alpha value is -2.11. The third kappa shape index (κ3) is 8.33. The monoisotopic (exact) mass is 535 g/mol. The van der Waals surface area contributed by atoms with Crippen LogP contribution in [0.2, 0.25) is 0 Å². The molecule has 10 heteroatoms. The molecule has 1 atom stereocenters. The van der Waals surface area contributed by atoms with Crippen LogP contribution in [0.4, 0.5) is 9.18 Å². The maximum atomic E-state index is 13.6. The summed E-state index contributed by atoms with van der Waals surface area (Å²) in [4.78, 5) is 30.2. The number of nitrogens with one attached hydrogen (secondary N) is 3. The Morgan fingerprint density at radius 1 is 1.23 bits per heavy atom. The predicted molar refractivity (Wildman–Crippen MR) is 125 cm³/mol. The molecule has 3 N–H and O–H groups in total. The van der Waals surface area contributed by atoms with Crippen LogP contribution >= 0.6 is 24.0 Å². The average molecular weight is 535 g/mol. The fourth-order valence-corrected chi connectivity index (χ4v) is 2.97. The van der Waals surface area contributed by atoms with Gasteiger partial charge in [0.05, 0.1) is 11.6 Å². The molecule has 1 aliphatic heterocycles. The molecule has 0 bridgehead atoms. The molecular formula is C20H31FIN5O3. The number of ether oxygens (including phenoxy) is 1. The first-order chi connectivity index (χ1) is 13.7. The van der Waals surface area contributed by atoms with Crippen molar-refractivity contribution >= 4 is 41.9 Å². The van der Waals surface area contributed by atoms with Gasteiger partial charge >= 0.3 is 6.09 Å². The summed E-state index contributed by atoms with van der Waals surface area (Å²) in [6, 6.07) is 5.83. The molecule has 2 amide bonds. The first kappa shape index (κ1) is 25.9. The van der Waals surface area contributed by atoms with Crippen molar-refractivity contribution in [1.82, 2.24) is 20.9 Å². The number of carbonyl (C=O) groups is 2. The van der Waals surface area contributed by atoms with Crippen LogP contribution in [-0.4, -0.2) is 67.7 Å². The van der Waals surface area contributed by atoms with E-state index in [1.807, 2.05) is 25.7 Å². The van der Waals surface area contributed by atoms with E-state index in [9.17, 15) is 14.0 Å². The number of halogens is 2. The molecule has 168 valence electrons. The van der Waals surface area contributed by atoms with Crippen molar-refractivity contribution < 1.29 is 18.7 Å². The average Bonchev–Trinajstić information content (AvgIpc) is 3.08. The molecule has 2 rings (SSSR count). The number of hydrogen-bond acceptors (Lipinski definition) is 4. The third-order valence-corrected chi connectivity index (χ3v) is 4.23. The van der Waals surface area contributed by atoms with Gasteiger partial charge in [0.25, 0.3) is 5.91 Å². The lowest BCUT2D eigenvalue weighted by Gasteiger charge is -2.23. The SMILES string of the molecule is CN=C(NCCNC(=O)c1ccccc1F)N1CC[C@@H](NC(=O)OC(C)(C)C)C1.I. The summed E-state index contributed by atoms with van der Waals surface area (Å²) in [5.41, 5.74) is -0.514. The van der Waals surface area contributed by atoms with Crippen molar-refractivity contribution in [3.05, 3.63) is 35.6 Å². The molecule has 0 aliphatic carbocycles. The van der Waals surface area contributed by atoms with Crippen LogP contribution in [0.5, 0.6) is 0 Å². The molecule has 0 aromatic heterocycles. The van der Waals surface area contributed by atoms with E-state index < -0.39 is 23.4 Å². The van der Waals surface area contributed by atoms with Crippen LogP contribution < -0.4 is 16.0 Å². The number of aliphatic imine (C=N–C) groups is 1. The minimum Gasteiger partial charge on any atom is -0.444 e. The second-order valence-corrected chi connectivity index (χ2v) is 7.79. The highest BCUT2D eigenvalue weighted by Crippen LogP contribution is 2.12. The van der Waals surface area contributed by atoms with Crippen molar-refractivity contribution in [3.8, 4) is 0 Å². The minimum atomic E-state index is -0.547. The predicted octanol–water partition coefficient (Wildman–Crippen LogP) is 2.35. The van der Waals surface area contributed by atoms with Crippen molar-refractivity contribution in [3.63, 3.8) is 0 Å². The summed E-state index contributed by atoms with van der Waals surface area (Å²) in [5.74, 6) is -0.323. The molecule has 0 radical (unpaired) electrons. The van der Waals surface area contributed by atoms with Gasteiger partial charge in [-0.05, 0) is 39.3 Å². The lowest BCUT2D eigenvalue weighted by atomic mass is 10.2. The Morgan fingerprint density at radius 2 is 1.90 bits per heavy atom. The second kappa shape index (κ2) is 11.9. The van der Waals surface area contributed by atoms with Gasteiger partial charge in [-0.25, -0.2) is 9.18 Å². The van der Waals surface area contributed by atoms with Gasteiger partial charge in [-0.2, -0.15) is 0 Å². The molecule has 1 heterocycles. The number of rotatable bonds is 5.